The summed E-state index contributed by atoms with van der Waals surface area (Å²) in [5.74, 6) is 7.46. The molecule has 0 amide bonds. The summed E-state index contributed by atoms with van der Waals surface area (Å²) in [5.41, 5.74) is 4.29. The van der Waals surface area contributed by atoms with E-state index in [0.29, 0.717) is 12.0 Å². The Bertz CT molecular complexity index is 373. The summed E-state index contributed by atoms with van der Waals surface area (Å²) in [6.07, 6.45) is 8.98. The molecule has 3 nitrogen and oxygen atoms in total. The van der Waals surface area contributed by atoms with Crippen LogP contribution in [0.2, 0.25) is 0 Å². The molecule has 1 aliphatic rings. The van der Waals surface area contributed by atoms with Gasteiger partial charge in [0.15, 0.2) is 0 Å². The van der Waals surface area contributed by atoms with Gasteiger partial charge in [-0.1, -0.05) is 43.9 Å². The molecule has 0 heterocycles. The number of nitrogens with two attached hydrogens (primary N) is 1. The van der Waals surface area contributed by atoms with Gasteiger partial charge in [-0.3, -0.25) is 11.3 Å². The molecule has 1 atom stereocenters. The number of rotatable bonds is 5. The first-order valence-electron chi connectivity index (χ1n) is 7.43. The van der Waals surface area contributed by atoms with E-state index in [1.54, 1.807) is 7.11 Å². The van der Waals surface area contributed by atoms with Crippen LogP contribution in [-0.4, -0.2) is 13.2 Å². The van der Waals surface area contributed by atoms with Crippen LogP contribution in [0.1, 0.15) is 44.1 Å². The van der Waals surface area contributed by atoms with Gasteiger partial charge in [-0.2, -0.15) is 0 Å². The minimum Gasteiger partial charge on any atom is -0.496 e. The highest BCUT2D eigenvalue weighted by Crippen LogP contribution is 2.28. The predicted molar refractivity (Wildman–Crippen MR) is 79.0 cm³/mol. The van der Waals surface area contributed by atoms with Crippen molar-refractivity contribution in [3.8, 4) is 5.75 Å². The van der Waals surface area contributed by atoms with Crippen LogP contribution in [0.15, 0.2) is 24.3 Å². The van der Waals surface area contributed by atoms with Crippen LogP contribution < -0.4 is 16.0 Å². The number of hydrogen-bond acceptors (Lipinski definition) is 3. The third-order valence-electron chi connectivity index (χ3n) is 4.32. The van der Waals surface area contributed by atoms with Crippen LogP contribution in [0.3, 0.4) is 0 Å². The van der Waals surface area contributed by atoms with Crippen molar-refractivity contribution >= 4 is 0 Å². The van der Waals surface area contributed by atoms with Crippen LogP contribution in [0.25, 0.3) is 0 Å². The highest BCUT2D eigenvalue weighted by atomic mass is 16.5. The van der Waals surface area contributed by atoms with E-state index in [4.69, 9.17) is 10.6 Å². The van der Waals surface area contributed by atoms with Crippen LogP contribution in [0.4, 0.5) is 0 Å². The second-order valence-electron chi connectivity index (χ2n) is 5.54. The summed E-state index contributed by atoms with van der Waals surface area (Å²) in [4.78, 5) is 0. The van der Waals surface area contributed by atoms with Gasteiger partial charge in [0.1, 0.15) is 5.75 Å². The van der Waals surface area contributed by atoms with Crippen molar-refractivity contribution < 1.29 is 4.74 Å². The highest BCUT2D eigenvalue weighted by Gasteiger charge is 2.22. The van der Waals surface area contributed by atoms with E-state index in [9.17, 15) is 0 Å². The number of nitrogens with one attached hydrogen (secondary N) is 1. The Kier molecular flexibility index (Phi) is 5.67. The number of para-hydroxylation sites is 1. The first kappa shape index (κ1) is 14.4. The zero-order valence-electron chi connectivity index (χ0n) is 11.9. The summed E-state index contributed by atoms with van der Waals surface area (Å²) >= 11 is 0. The van der Waals surface area contributed by atoms with Gasteiger partial charge in [-0.05, 0) is 36.8 Å². The van der Waals surface area contributed by atoms with Gasteiger partial charge in [0.05, 0.1) is 7.11 Å². The van der Waals surface area contributed by atoms with E-state index in [0.717, 1.165) is 12.2 Å². The molecule has 3 heteroatoms. The SMILES string of the molecule is COc1ccccc1CC(NN)C1CCCCCC1. The average Bonchev–Trinajstić information content (AvgIpc) is 2.74. The van der Waals surface area contributed by atoms with Crippen molar-refractivity contribution in [3.63, 3.8) is 0 Å². The maximum absolute atomic E-state index is 5.80. The lowest BCUT2D eigenvalue weighted by atomic mass is 9.88. The van der Waals surface area contributed by atoms with E-state index in [2.05, 4.69) is 17.6 Å². The van der Waals surface area contributed by atoms with Gasteiger partial charge < -0.3 is 4.74 Å². The molecule has 19 heavy (non-hydrogen) atoms. The lowest BCUT2D eigenvalue weighted by Crippen LogP contribution is -2.42. The molecular formula is C16H26N2O. The third kappa shape index (κ3) is 3.95. The fourth-order valence-electron chi connectivity index (χ4n) is 3.18. The number of benzene rings is 1. The quantitative estimate of drug-likeness (QED) is 0.487. The summed E-state index contributed by atoms with van der Waals surface area (Å²) in [6.45, 7) is 0. The second kappa shape index (κ2) is 7.51. The number of hydrazine groups is 1. The van der Waals surface area contributed by atoms with Crippen LogP contribution >= 0.6 is 0 Å². The number of hydrogen-bond donors (Lipinski definition) is 2. The molecule has 1 aromatic carbocycles. The summed E-state index contributed by atoms with van der Waals surface area (Å²) in [5, 5.41) is 0. The first-order chi connectivity index (χ1) is 9.35. The largest absolute Gasteiger partial charge is 0.496 e. The fourth-order valence-corrected chi connectivity index (χ4v) is 3.18. The molecule has 1 unspecified atom stereocenters. The Morgan fingerprint density at radius 1 is 1.21 bits per heavy atom. The van der Waals surface area contributed by atoms with Crippen molar-refractivity contribution in [1.29, 1.82) is 0 Å². The average molecular weight is 262 g/mol. The molecule has 0 aliphatic heterocycles. The lowest BCUT2D eigenvalue weighted by molar-refractivity contribution is 0.316. The molecule has 3 N–H and O–H groups in total. The maximum atomic E-state index is 5.80. The van der Waals surface area contributed by atoms with E-state index in [1.807, 2.05) is 12.1 Å². The van der Waals surface area contributed by atoms with Crippen LogP contribution in [0, 0.1) is 5.92 Å². The second-order valence-corrected chi connectivity index (χ2v) is 5.54. The molecule has 0 aromatic heterocycles. The molecule has 106 valence electrons. The van der Waals surface area contributed by atoms with Gasteiger partial charge in [-0.25, -0.2) is 0 Å². The van der Waals surface area contributed by atoms with Crippen molar-refractivity contribution in [3.05, 3.63) is 29.8 Å². The number of ether oxygens (including phenoxy) is 1. The first-order valence-corrected chi connectivity index (χ1v) is 7.43. The Morgan fingerprint density at radius 2 is 1.89 bits per heavy atom. The zero-order chi connectivity index (χ0) is 13.5. The van der Waals surface area contributed by atoms with Gasteiger partial charge in [0.25, 0.3) is 0 Å². The van der Waals surface area contributed by atoms with Gasteiger partial charge in [-0.15, -0.1) is 0 Å². The standard InChI is InChI=1S/C16H26N2O/c1-19-16-11-7-6-10-14(16)12-15(18-17)13-8-4-2-3-5-9-13/h6-7,10-11,13,15,18H,2-5,8-9,12,17H2,1H3. The smallest absolute Gasteiger partial charge is 0.122 e. The normalized spacial score (nSPS) is 18.8. The van der Waals surface area contributed by atoms with Crippen molar-refractivity contribution in [2.45, 2.75) is 51.0 Å². The topological polar surface area (TPSA) is 47.3 Å². The molecule has 0 saturated heterocycles. The van der Waals surface area contributed by atoms with Gasteiger partial charge >= 0.3 is 0 Å². The van der Waals surface area contributed by atoms with Gasteiger partial charge in [0.2, 0.25) is 0 Å². The Morgan fingerprint density at radius 3 is 2.53 bits per heavy atom. The third-order valence-corrected chi connectivity index (χ3v) is 4.32. The molecule has 2 rings (SSSR count). The monoisotopic (exact) mass is 262 g/mol. The van der Waals surface area contributed by atoms with E-state index in [-0.39, 0.29) is 0 Å². The molecule has 1 aromatic rings. The van der Waals surface area contributed by atoms with Crippen molar-refractivity contribution in [2.24, 2.45) is 11.8 Å². The molecule has 1 aliphatic carbocycles. The Labute approximate surface area is 116 Å². The Hall–Kier alpha value is -1.06. The van der Waals surface area contributed by atoms with Gasteiger partial charge in [0, 0.05) is 6.04 Å². The summed E-state index contributed by atoms with van der Waals surface area (Å²) in [7, 11) is 1.73. The minimum atomic E-state index is 0.356. The zero-order valence-corrected chi connectivity index (χ0v) is 11.9. The lowest BCUT2D eigenvalue weighted by Gasteiger charge is -2.26. The molecule has 1 saturated carbocycles. The van der Waals surface area contributed by atoms with E-state index < -0.39 is 0 Å². The molecular weight excluding hydrogens is 236 g/mol. The van der Waals surface area contributed by atoms with E-state index >= 15 is 0 Å². The molecule has 0 bridgehead atoms. The number of methoxy groups -OCH3 is 1. The van der Waals surface area contributed by atoms with E-state index in [1.165, 1.54) is 44.1 Å². The van der Waals surface area contributed by atoms with Crippen molar-refractivity contribution in [2.75, 3.05) is 7.11 Å². The van der Waals surface area contributed by atoms with Crippen LogP contribution in [-0.2, 0) is 6.42 Å². The Balaban J connectivity index is 2.05. The van der Waals surface area contributed by atoms with Crippen LogP contribution in [0.5, 0.6) is 5.75 Å². The summed E-state index contributed by atoms with van der Waals surface area (Å²) < 4.78 is 5.43. The minimum absolute atomic E-state index is 0.356. The maximum Gasteiger partial charge on any atom is 0.122 e. The molecule has 0 spiro atoms. The summed E-state index contributed by atoms with van der Waals surface area (Å²) in [6, 6.07) is 8.60. The van der Waals surface area contributed by atoms with Crippen molar-refractivity contribution in [1.82, 2.24) is 5.43 Å². The molecule has 0 radical (unpaired) electrons. The molecule has 1 fully saturated rings. The highest BCUT2D eigenvalue weighted by molar-refractivity contribution is 5.33. The fraction of sp³-hybridized carbons (Fsp3) is 0.625. The predicted octanol–water partition coefficient (Wildman–Crippen LogP) is 3.04.